The largest absolute Gasteiger partial charge is 0.342 e. The molecular weight excluding hydrogens is 260 g/mol. The molecule has 1 amide bonds. The summed E-state index contributed by atoms with van der Waals surface area (Å²) in [5.74, 6) is 1.17. The predicted molar refractivity (Wildman–Crippen MR) is 90.1 cm³/mol. The van der Waals surface area contributed by atoms with Crippen LogP contribution in [-0.2, 0) is 4.79 Å². The van der Waals surface area contributed by atoms with Crippen LogP contribution in [0.25, 0.3) is 0 Å². The molecule has 0 atom stereocenters. The molecule has 1 fully saturated rings. The highest BCUT2D eigenvalue weighted by Gasteiger charge is 2.39. The molecule has 21 heavy (non-hydrogen) atoms. The first-order valence-corrected chi connectivity index (χ1v) is 9.01. The van der Waals surface area contributed by atoms with E-state index in [1.54, 1.807) is 0 Å². The van der Waals surface area contributed by atoms with Gasteiger partial charge in [0.2, 0.25) is 5.91 Å². The van der Waals surface area contributed by atoms with E-state index in [-0.39, 0.29) is 5.41 Å². The third-order valence-corrected chi connectivity index (χ3v) is 5.56. The first-order chi connectivity index (χ1) is 10.0. The molecule has 1 aliphatic carbocycles. The van der Waals surface area contributed by atoms with E-state index >= 15 is 0 Å². The predicted octanol–water partition coefficient (Wildman–Crippen LogP) is 3.96. The maximum absolute atomic E-state index is 13.1. The Morgan fingerprint density at radius 3 is 2.00 bits per heavy atom. The Morgan fingerprint density at radius 2 is 1.62 bits per heavy atom. The van der Waals surface area contributed by atoms with Crippen LogP contribution in [0.2, 0.25) is 0 Å². The summed E-state index contributed by atoms with van der Waals surface area (Å²) < 4.78 is 0. The Bertz CT molecular complexity index is 302. The Balaban J connectivity index is 2.74. The Hall–Kier alpha value is -0.570. The zero-order valence-corrected chi connectivity index (χ0v) is 14.7. The molecule has 0 saturated heterocycles. The third-order valence-electron chi connectivity index (χ3n) is 5.56. The van der Waals surface area contributed by atoms with Crippen molar-refractivity contribution in [2.45, 2.75) is 84.6 Å². The van der Waals surface area contributed by atoms with E-state index in [0.29, 0.717) is 18.5 Å². The standard InChI is InChI=1S/C18H36N2O/c1-5-12-18(14-19,13-6-2)17(21)20(4)16-10-8-15(7-3)9-11-16/h15-16H,5-14,19H2,1-4H3. The molecule has 0 unspecified atom stereocenters. The molecule has 0 aliphatic heterocycles. The minimum atomic E-state index is -0.320. The van der Waals surface area contributed by atoms with Gasteiger partial charge < -0.3 is 10.6 Å². The molecule has 0 heterocycles. The van der Waals surface area contributed by atoms with E-state index in [0.717, 1.165) is 31.6 Å². The van der Waals surface area contributed by atoms with Crippen LogP contribution in [0.1, 0.15) is 78.6 Å². The summed E-state index contributed by atoms with van der Waals surface area (Å²) >= 11 is 0. The fourth-order valence-corrected chi connectivity index (χ4v) is 4.07. The van der Waals surface area contributed by atoms with Crippen molar-refractivity contribution in [1.29, 1.82) is 0 Å². The Morgan fingerprint density at radius 1 is 1.10 bits per heavy atom. The molecule has 0 radical (unpaired) electrons. The molecule has 1 aliphatic rings. The molecule has 0 aromatic carbocycles. The van der Waals surface area contributed by atoms with Gasteiger partial charge in [0.25, 0.3) is 0 Å². The van der Waals surface area contributed by atoms with E-state index in [2.05, 4.69) is 20.8 Å². The van der Waals surface area contributed by atoms with Crippen molar-refractivity contribution < 1.29 is 4.79 Å². The fourth-order valence-electron chi connectivity index (χ4n) is 4.07. The maximum Gasteiger partial charge on any atom is 0.230 e. The molecule has 3 nitrogen and oxygen atoms in total. The molecule has 0 bridgehead atoms. The van der Waals surface area contributed by atoms with Crippen molar-refractivity contribution >= 4 is 5.91 Å². The smallest absolute Gasteiger partial charge is 0.230 e. The van der Waals surface area contributed by atoms with Crippen LogP contribution in [0.3, 0.4) is 0 Å². The molecule has 0 spiro atoms. The van der Waals surface area contributed by atoms with Crippen LogP contribution in [0.15, 0.2) is 0 Å². The summed E-state index contributed by atoms with van der Waals surface area (Å²) in [5.41, 5.74) is 5.72. The summed E-state index contributed by atoms with van der Waals surface area (Å²) in [6.45, 7) is 7.07. The van der Waals surface area contributed by atoms with Crippen LogP contribution < -0.4 is 5.73 Å². The van der Waals surface area contributed by atoms with Crippen LogP contribution >= 0.6 is 0 Å². The van der Waals surface area contributed by atoms with Crippen molar-refractivity contribution in [3.63, 3.8) is 0 Å². The third kappa shape index (κ3) is 4.45. The number of nitrogens with two attached hydrogens (primary N) is 1. The summed E-state index contributed by atoms with van der Waals surface area (Å²) in [4.78, 5) is 15.1. The van der Waals surface area contributed by atoms with Crippen LogP contribution in [0, 0.1) is 11.3 Å². The van der Waals surface area contributed by atoms with Crippen molar-refractivity contribution in [2.75, 3.05) is 13.6 Å². The average Bonchev–Trinajstić information content (AvgIpc) is 2.53. The number of rotatable bonds is 8. The van der Waals surface area contributed by atoms with Crippen LogP contribution in [-0.4, -0.2) is 30.4 Å². The molecule has 1 rings (SSSR count). The van der Waals surface area contributed by atoms with Gasteiger partial charge >= 0.3 is 0 Å². The van der Waals surface area contributed by atoms with Gasteiger partial charge in [-0.2, -0.15) is 0 Å². The summed E-state index contributed by atoms with van der Waals surface area (Å²) in [5, 5.41) is 0. The first kappa shape index (κ1) is 18.5. The number of carbonyl (C=O) groups excluding carboxylic acids is 1. The van der Waals surface area contributed by atoms with Gasteiger partial charge in [0.05, 0.1) is 5.41 Å². The van der Waals surface area contributed by atoms with E-state index in [1.807, 2.05) is 11.9 Å². The van der Waals surface area contributed by atoms with Gasteiger partial charge in [-0.05, 0) is 44.4 Å². The van der Waals surface area contributed by atoms with Crippen molar-refractivity contribution in [3.05, 3.63) is 0 Å². The van der Waals surface area contributed by atoms with Gasteiger partial charge in [-0.25, -0.2) is 0 Å². The highest BCUT2D eigenvalue weighted by Crippen LogP contribution is 2.35. The molecule has 2 N–H and O–H groups in total. The maximum atomic E-state index is 13.1. The number of amides is 1. The zero-order valence-electron chi connectivity index (χ0n) is 14.7. The molecule has 124 valence electrons. The monoisotopic (exact) mass is 296 g/mol. The Labute approximate surface area is 131 Å². The van der Waals surface area contributed by atoms with Gasteiger partial charge in [-0.1, -0.05) is 40.0 Å². The number of carbonyl (C=O) groups is 1. The van der Waals surface area contributed by atoms with Crippen LogP contribution in [0.5, 0.6) is 0 Å². The molecule has 0 aromatic heterocycles. The number of hydrogen-bond acceptors (Lipinski definition) is 2. The lowest BCUT2D eigenvalue weighted by molar-refractivity contribution is -0.144. The molecule has 3 heteroatoms. The molecule has 0 aromatic rings. The Kier molecular flexibility index (Phi) is 7.72. The second kappa shape index (κ2) is 8.77. The van der Waals surface area contributed by atoms with Gasteiger partial charge in [0.15, 0.2) is 0 Å². The van der Waals surface area contributed by atoms with E-state index in [4.69, 9.17) is 5.73 Å². The van der Waals surface area contributed by atoms with Crippen molar-refractivity contribution in [1.82, 2.24) is 4.90 Å². The zero-order chi connectivity index (χ0) is 15.9. The molecule has 1 saturated carbocycles. The highest BCUT2D eigenvalue weighted by molar-refractivity contribution is 5.83. The van der Waals surface area contributed by atoms with Crippen molar-refractivity contribution in [2.24, 2.45) is 17.1 Å². The minimum Gasteiger partial charge on any atom is -0.342 e. The normalized spacial score (nSPS) is 23.1. The van der Waals surface area contributed by atoms with Crippen LogP contribution in [0.4, 0.5) is 0 Å². The quantitative estimate of drug-likeness (QED) is 0.737. The molecular formula is C18H36N2O. The fraction of sp³-hybridized carbons (Fsp3) is 0.944. The topological polar surface area (TPSA) is 46.3 Å². The SMILES string of the molecule is CCCC(CN)(CCC)C(=O)N(C)C1CCC(CC)CC1. The second-order valence-corrected chi connectivity index (χ2v) is 6.98. The minimum absolute atomic E-state index is 0.300. The first-order valence-electron chi connectivity index (χ1n) is 9.01. The van der Waals surface area contributed by atoms with Gasteiger partial charge in [-0.3, -0.25) is 4.79 Å². The lowest BCUT2D eigenvalue weighted by Gasteiger charge is -2.40. The van der Waals surface area contributed by atoms with E-state index in [1.165, 1.54) is 32.1 Å². The summed E-state index contributed by atoms with van der Waals surface area (Å²) in [6.07, 6.45) is 10.1. The number of hydrogen-bond donors (Lipinski definition) is 1. The summed E-state index contributed by atoms with van der Waals surface area (Å²) in [6, 6.07) is 0.430. The van der Waals surface area contributed by atoms with Gasteiger partial charge in [0.1, 0.15) is 0 Å². The second-order valence-electron chi connectivity index (χ2n) is 6.98. The number of nitrogens with zero attached hydrogens (tertiary/aromatic N) is 1. The summed E-state index contributed by atoms with van der Waals surface area (Å²) in [7, 11) is 2.01. The van der Waals surface area contributed by atoms with Gasteiger partial charge in [0, 0.05) is 19.6 Å². The van der Waals surface area contributed by atoms with Gasteiger partial charge in [-0.15, -0.1) is 0 Å². The van der Waals surface area contributed by atoms with Crippen molar-refractivity contribution in [3.8, 4) is 0 Å². The average molecular weight is 296 g/mol. The van der Waals surface area contributed by atoms with E-state index < -0.39 is 0 Å². The lowest BCUT2D eigenvalue weighted by atomic mass is 9.76. The highest BCUT2D eigenvalue weighted by atomic mass is 16.2. The van der Waals surface area contributed by atoms with E-state index in [9.17, 15) is 4.79 Å². The lowest BCUT2D eigenvalue weighted by Crippen LogP contribution is -2.50.